The topological polar surface area (TPSA) is 41.6 Å². The smallest absolute Gasteiger partial charge is 0.223 e. The molecule has 4 heteroatoms. The Morgan fingerprint density at radius 1 is 1.27 bits per heavy atom. The molecule has 0 radical (unpaired) electrons. The fourth-order valence-corrected chi connectivity index (χ4v) is 5.31. The number of nitrogens with one attached hydrogen (secondary N) is 1. The molecule has 1 amide bonds. The quantitative estimate of drug-likeness (QED) is 0.856. The van der Waals surface area contributed by atoms with Crippen LogP contribution >= 0.6 is 0 Å². The number of carbonyl (C=O) groups excluding carboxylic acids is 1. The second-order valence-corrected chi connectivity index (χ2v) is 8.56. The molecule has 1 aromatic rings. The number of carbonyl (C=O) groups is 1. The molecule has 3 aliphatic heterocycles. The molecule has 0 aromatic heterocycles. The van der Waals surface area contributed by atoms with Crippen LogP contribution in [0.15, 0.2) is 36.4 Å². The summed E-state index contributed by atoms with van der Waals surface area (Å²) >= 11 is 0. The van der Waals surface area contributed by atoms with Gasteiger partial charge in [-0.05, 0) is 31.2 Å². The van der Waals surface area contributed by atoms with Crippen LogP contribution in [-0.2, 0) is 9.53 Å². The Morgan fingerprint density at radius 3 is 2.92 bits per heavy atom. The molecule has 4 atom stereocenters. The Kier molecular flexibility index (Phi) is 4.13. The second-order valence-electron chi connectivity index (χ2n) is 8.56. The summed E-state index contributed by atoms with van der Waals surface area (Å²) in [6, 6.07) is 10.5. The van der Waals surface area contributed by atoms with Gasteiger partial charge in [0.2, 0.25) is 5.91 Å². The van der Waals surface area contributed by atoms with Crippen LogP contribution in [0.5, 0.6) is 0 Å². The number of hydrogen-bond acceptors (Lipinski definition) is 3. The molecule has 138 valence electrons. The summed E-state index contributed by atoms with van der Waals surface area (Å²) in [7, 11) is 0. The minimum Gasteiger partial charge on any atom is -0.370 e. The average molecular weight is 352 g/mol. The number of nitrogens with zero attached hydrogens (tertiary/aromatic N) is 1. The first kappa shape index (κ1) is 16.5. The average Bonchev–Trinajstić information content (AvgIpc) is 3.25. The molecule has 3 saturated heterocycles. The first-order valence-electron chi connectivity index (χ1n) is 10.1. The van der Waals surface area contributed by atoms with Gasteiger partial charge in [-0.2, -0.15) is 0 Å². The van der Waals surface area contributed by atoms with Crippen LogP contribution in [0.4, 0.5) is 0 Å². The van der Waals surface area contributed by atoms with E-state index in [2.05, 4.69) is 46.6 Å². The van der Waals surface area contributed by atoms with Gasteiger partial charge < -0.3 is 10.1 Å². The normalized spacial score (nSPS) is 35.9. The zero-order chi connectivity index (χ0) is 17.6. The number of amides is 1. The zero-order valence-electron chi connectivity index (χ0n) is 15.3. The SMILES string of the molecule is O=C(NC[C@H]1[C@H]2CN(C/C=C/c3ccccc3)C[C@]23CC[C@H]1O3)C1CC1. The third-order valence-corrected chi connectivity index (χ3v) is 6.79. The molecule has 26 heavy (non-hydrogen) atoms. The lowest BCUT2D eigenvalue weighted by Crippen LogP contribution is -2.42. The van der Waals surface area contributed by atoms with E-state index in [1.165, 1.54) is 12.0 Å². The highest BCUT2D eigenvalue weighted by molar-refractivity contribution is 5.80. The molecule has 0 unspecified atom stereocenters. The van der Waals surface area contributed by atoms with Crippen molar-refractivity contribution in [2.45, 2.75) is 37.4 Å². The second kappa shape index (κ2) is 6.50. The number of benzene rings is 1. The van der Waals surface area contributed by atoms with Crippen molar-refractivity contribution in [1.82, 2.24) is 10.2 Å². The number of ether oxygens (including phenoxy) is 1. The first-order chi connectivity index (χ1) is 12.7. The van der Waals surface area contributed by atoms with Gasteiger partial charge in [0, 0.05) is 43.9 Å². The van der Waals surface area contributed by atoms with Crippen LogP contribution in [0.1, 0.15) is 31.2 Å². The number of fused-ring (bicyclic) bond motifs is 1. The molecular weight excluding hydrogens is 324 g/mol. The maximum absolute atomic E-state index is 12.0. The minimum absolute atomic E-state index is 0.0558. The van der Waals surface area contributed by atoms with E-state index in [4.69, 9.17) is 4.74 Å². The molecule has 1 N–H and O–H groups in total. The summed E-state index contributed by atoms with van der Waals surface area (Å²) in [4.78, 5) is 14.6. The number of likely N-dealkylation sites (tertiary alicyclic amines) is 1. The van der Waals surface area contributed by atoms with E-state index in [9.17, 15) is 4.79 Å². The third kappa shape index (κ3) is 2.99. The van der Waals surface area contributed by atoms with E-state index >= 15 is 0 Å². The van der Waals surface area contributed by atoms with Gasteiger partial charge in [0.1, 0.15) is 0 Å². The monoisotopic (exact) mass is 352 g/mol. The maximum atomic E-state index is 12.0. The molecule has 1 aliphatic carbocycles. The van der Waals surface area contributed by atoms with Crippen LogP contribution in [0, 0.1) is 17.8 Å². The third-order valence-electron chi connectivity index (χ3n) is 6.79. The fraction of sp³-hybridized carbons (Fsp3) is 0.591. The van der Waals surface area contributed by atoms with E-state index in [1.807, 2.05) is 6.07 Å². The lowest BCUT2D eigenvalue weighted by Gasteiger charge is -2.29. The highest BCUT2D eigenvalue weighted by Crippen LogP contribution is 2.54. The van der Waals surface area contributed by atoms with Crippen molar-refractivity contribution < 1.29 is 9.53 Å². The van der Waals surface area contributed by atoms with Crippen molar-refractivity contribution in [3.63, 3.8) is 0 Å². The van der Waals surface area contributed by atoms with Crippen molar-refractivity contribution in [1.29, 1.82) is 0 Å². The zero-order valence-corrected chi connectivity index (χ0v) is 15.3. The van der Waals surface area contributed by atoms with E-state index in [-0.39, 0.29) is 11.5 Å². The maximum Gasteiger partial charge on any atom is 0.223 e. The molecule has 4 nitrogen and oxygen atoms in total. The van der Waals surface area contributed by atoms with Crippen LogP contribution in [0.3, 0.4) is 0 Å². The van der Waals surface area contributed by atoms with Crippen molar-refractivity contribution in [3.05, 3.63) is 42.0 Å². The predicted octanol–water partition coefficient (Wildman–Crippen LogP) is 2.71. The van der Waals surface area contributed by atoms with Gasteiger partial charge in [0.05, 0.1) is 11.7 Å². The molecule has 5 rings (SSSR count). The molecule has 4 fully saturated rings. The van der Waals surface area contributed by atoms with Gasteiger partial charge in [0.15, 0.2) is 0 Å². The Bertz CT molecular complexity index is 699. The summed E-state index contributed by atoms with van der Waals surface area (Å²) in [5, 5.41) is 3.21. The largest absolute Gasteiger partial charge is 0.370 e. The number of hydrogen-bond donors (Lipinski definition) is 1. The van der Waals surface area contributed by atoms with E-state index in [0.717, 1.165) is 45.4 Å². The number of rotatable bonds is 6. The Morgan fingerprint density at radius 2 is 2.12 bits per heavy atom. The van der Waals surface area contributed by atoms with Crippen LogP contribution in [0.2, 0.25) is 0 Å². The van der Waals surface area contributed by atoms with E-state index in [0.29, 0.717) is 23.9 Å². The molecule has 1 aromatic carbocycles. The highest BCUT2D eigenvalue weighted by atomic mass is 16.5. The summed E-state index contributed by atoms with van der Waals surface area (Å²) in [6.07, 6.45) is 9.33. The summed E-state index contributed by atoms with van der Waals surface area (Å²) < 4.78 is 6.48. The molecule has 3 heterocycles. The molecule has 4 aliphatic rings. The summed E-state index contributed by atoms with van der Waals surface area (Å²) in [6.45, 7) is 3.92. The fourth-order valence-electron chi connectivity index (χ4n) is 5.31. The van der Waals surface area contributed by atoms with Gasteiger partial charge in [0.25, 0.3) is 0 Å². The van der Waals surface area contributed by atoms with E-state index < -0.39 is 0 Å². The Balaban J connectivity index is 1.20. The van der Waals surface area contributed by atoms with Gasteiger partial charge in [-0.15, -0.1) is 0 Å². The molecular formula is C22H28N2O2. The Hall–Kier alpha value is -1.65. The lowest BCUT2D eigenvalue weighted by molar-refractivity contribution is -0.122. The Labute approximate surface area is 155 Å². The van der Waals surface area contributed by atoms with Crippen molar-refractivity contribution >= 4 is 12.0 Å². The first-order valence-corrected chi connectivity index (χ1v) is 10.1. The highest BCUT2D eigenvalue weighted by Gasteiger charge is 2.62. The van der Waals surface area contributed by atoms with Crippen molar-refractivity contribution in [3.8, 4) is 0 Å². The summed E-state index contributed by atoms with van der Waals surface area (Å²) in [5.41, 5.74) is 1.31. The molecule has 1 spiro atoms. The van der Waals surface area contributed by atoms with Crippen molar-refractivity contribution in [2.24, 2.45) is 17.8 Å². The summed E-state index contributed by atoms with van der Waals surface area (Å²) in [5.74, 6) is 1.63. The predicted molar refractivity (Wildman–Crippen MR) is 101 cm³/mol. The molecule has 1 saturated carbocycles. The minimum atomic E-state index is 0.0558. The van der Waals surface area contributed by atoms with Gasteiger partial charge >= 0.3 is 0 Å². The van der Waals surface area contributed by atoms with Crippen LogP contribution < -0.4 is 5.32 Å². The van der Waals surface area contributed by atoms with Gasteiger partial charge in [-0.3, -0.25) is 9.69 Å². The van der Waals surface area contributed by atoms with Crippen LogP contribution in [-0.4, -0.2) is 48.7 Å². The standard InChI is InChI=1S/C22H28N2O2/c25-21(17-8-9-17)23-13-18-19-14-24(15-22(19)11-10-20(18)26-22)12-4-7-16-5-2-1-3-6-16/h1-7,17-20H,8-15H2,(H,23,25)/b7-4+/t18-,19+,20+,22+/m0/s1. The lowest BCUT2D eigenvalue weighted by atomic mass is 9.73. The van der Waals surface area contributed by atoms with Crippen LogP contribution in [0.25, 0.3) is 6.08 Å². The van der Waals surface area contributed by atoms with Gasteiger partial charge in [-0.25, -0.2) is 0 Å². The van der Waals surface area contributed by atoms with E-state index in [1.54, 1.807) is 0 Å². The molecule has 2 bridgehead atoms. The van der Waals surface area contributed by atoms with Crippen molar-refractivity contribution in [2.75, 3.05) is 26.2 Å². The van der Waals surface area contributed by atoms with Gasteiger partial charge in [-0.1, -0.05) is 42.5 Å².